The van der Waals surface area contributed by atoms with Gasteiger partial charge in [-0.3, -0.25) is 9.59 Å². The Balaban J connectivity index is 2.37. The average Bonchev–Trinajstić information content (AvgIpc) is 2.36. The summed E-state index contributed by atoms with van der Waals surface area (Å²) in [7, 11) is 0. The van der Waals surface area contributed by atoms with Gasteiger partial charge in [-0.1, -0.05) is 31.5 Å². The third-order valence-electron chi connectivity index (χ3n) is 2.86. The zero-order valence-electron chi connectivity index (χ0n) is 12.2. The Bertz CT molecular complexity index is 492. The number of halogens is 1. The smallest absolute Gasteiger partial charge is 0.320 e. The predicted octanol–water partition coefficient (Wildman–Crippen LogP) is 2.76. The molecule has 0 spiro atoms. The van der Waals surface area contributed by atoms with E-state index in [0.29, 0.717) is 23.7 Å². The summed E-state index contributed by atoms with van der Waals surface area (Å²) in [4.78, 5) is 22.8. The maximum Gasteiger partial charge on any atom is 0.320 e. The zero-order chi connectivity index (χ0) is 15.8. The molecule has 6 heteroatoms. The van der Waals surface area contributed by atoms with E-state index in [1.165, 1.54) is 0 Å². The first kappa shape index (κ1) is 17.5. The van der Waals surface area contributed by atoms with Gasteiger partial charge in [0.1, 0.15) is 6.04 Å². The maximum absolute atomic E-state index is 11.8. The monoisotopic (exact) mass is 312 g/mol. The number of anilines is 1. The first-order valence-corrected chi connectivity index (χ1v) is 7.28. The molecule has 1 rings (SSSR count). The van der Waals surface area contributed by atoms with Gasteiger partial charge < -0.3 is 15.7 Å². The van der Waals surface area contributed by atoms with Crippen LogP contribution in [0.5, 0.6) is 0 Å². The van der Waals surface area contributed by atoms with Crippen molar-refractivity contribution in [2.45, 2.75) is 32.7 Å². The van der Waals surface area contributed by atoms with Crippen LogP contribution < -0.4 is 10.6 Å². The first-order chi connectivity index (χ1) is 9.88. The molecule has 0 aliphatic rings. The lowest BCUT2D eigenvalue weighted by Crippen LogP contribution is -2.39. The van der Waals surface area contributed by atoms with E-state index in [9.17, 15) is 9.59 Å². The number of benzene rings is 1. The van der Waals surface area contributed by atoms with Gasteiger partial charge in [-0.05, 0) is 30.5 Å². The van der Waals surface area contributed by atoms with Gasteiger partial charge in [-0.15, -0.1) is 0 Å². The van der Waals surface area contributed by atoms with Gasteiger partial charge in [-0.2, -0.15) is 0 Å². The quantitative estimate of drug-likeness (QED) is 0.689. The second-order valence-corrected chi connectivity index (χ2v) is 5.72. The number of rotatable bonds is 8. The lowest BCUT2D eigenvalue weighted by molar-refractivity contribution is -0.140. The number of carbonyl (C=O) groups excluding carboxylic acids is 1. The molecule has 0 bridgehead atoms. The molecule has 1 aromatic rings. The Hall–Kier alpha value is -1.59. The second-order valence-electron chi connectivity index (χ2n) is 5.28. The predicted molar refractivity (Wildman–Crippen MR) is 83.6 cm³/mol. The van der Waals surface area contributed by atoms with Gasteiger partial charge in [0, 0.05) is 23.7 Å². The fourth-order valence-electron chi connectivity index (χ4n) is 1.89. The van der Waals surface area contributed by atoms with Crippen LogP contribution in [0.25, 0.3) is 0 Å². The van der Waals surface area contributed by atoms with Gasteiger partial charge in [0.15, 0.2) is 0 Å². The fraction of sp³-hybridized carbons (Fsp3) is 0.467. The topological polar surface area (TPSA) is 78.4 Å². The summed E-state index contributed by atoms with van der Waals surface area (Å²) >= 11 is 5.83. The standard InChI is InChI=1S/C15H21ClN2O3/c1-10(2)8-13(15(20)21)17-7-6-14(19)18-12-5-3-4-11(16)9-12/h3-5,9-10,13,17H,6-8H2,1-2H3,(H,18,19)(H,20,21). The summed E-state index contributed by atoms with van der Waals surface area (Å²) in [6, 6.07) is 6.26. The Labute approximate surface area is 129 Å². The number of carbonyl (C=O) groups is 2. The van der Waals surface area contributed by atoms with Crippen molar-refractivity contribution in [2.75, 3.05) is 11.9 Å². The van der Waals surface area contributed by atoms with Gasteiger partial charge in [-0.25, -0.2) is 0 Å². The molecular formula is C15H21ClN2O3. The fourth-order valence-corrected chi connectivity index (χ4v) is 2.08. The minimum absolute atomic E-state index is 0.182. The summed E-state index contributed by atoms with van der Waals surface area (Å²) < 4.78 is 0. The van der Waals surface area contributed by atoms with E-state index in [0.717, 1.165) is 0 Å². The summed E-state index contributed by atoms with van der Waals surface area (Å²) in [5, 5.41) is 15.2. The van der Waals surface area contributed by atoms with E-state index < -0.39 is 12.0 Å². The minimum Gasteiger partial charge on any atom is -0.480 e. The molecule has 0 saturated heterocycles. The molecule has 1 atom stereocenters. The summed E-state index contributed by atoms with van der Waals surface area (Å²) in [5.41, 5.74) is 0.629. The van der Waals surface area contributed by atoms with Crippen molar-refractivity contribution in [3.8, 4) is 0 Å². The largest absolute Gasteiger partial charge is 0.480 e. The van der Waals surface area contributed by atoms with Gasteiger partial charge in [0.05, 0.1) is 0 Å². The minimum atomic E-state index is -0.890. The lowest BCUT2D eigenvalue weighted by atomic mass is 10.0. The highest BCUT2D eigenvalue weighted by molar-refractivity contribution is 6.30. The van der Waals surface area contributed by atoms with Crippen molar-refractivity contribution in [2.24, 2.45) is 5.92 Å². The molecule has 116 valence electrons. The van der Waals surface area contributed by atoms with Crippen LogP contribution >= 0.6 is 11.6 Å². The van der Waals surface area contributed by atoms with E-state index in [2.05, 4.69) is 10.6 Å². The Morgan fingerprint density at radius 3 is 2.62 bits per heavy atom. The number of hydrogen-bond donors (Lipinski definition) is 3. The summed E-state index contributed by atoms with van der Waals surface area (Å²) in [6.07, 6.45) is 0.736. The number of carboxylic acid groups (broad SMARTS) is 1. The second kappa shape index (κ2) is 8.64. The van der Waals surface area contributed by atoms with Crippen molar-refractivity contribution in [3.05, 3.63) is 29.3 Å². The number of hydrogen-bond acceptors (Lipinski definition) is 3. The molecule has 3 N–H and O–H groups in total. The van der Waals surface area contributed by atoms with Crippen LogP contribution in [0.2, 0.25) is 5.02 Å². The zero-order valence-corrected chi connectivity index (χ0v) is 13.0. The Kier molecular flexibility index (Phi) is 7.19. The van der Waals surface area contributed by atoms with Crippen LogP contribution in [0.3, 0.4) is 0 Å². The van der Waals surface area contributed by atoms with Gasteiger partial charge in [0.25, 0.3) is 0 Å². The molecular weight excluding hydrogens is 292 g/mol. The third-order valence-corrected chi connectivity index (χ3v) is 3.09. The molecule has 5 nitrogen and oxygen atoms in total. The van der Waals surface area contributed by atoms with Gasteiger partial charge in [0.2, 0.25) is 5.91 Å². The lowest BCUT2D eigenvalue weighted by Gasteiger charge is -2.16. The molecule has 1 amide bonds. The SMILES string of the molecule is CC(C)CC(NCCC(=O)Nc1cccc(Cl)c1)C(=O)O. The van der Waals surface area contributed by atoms with Crippen molar-refractivity contribution in [1.29, 1.82) is 0 Å². The molecule has 21 heavy (non-hydrogen) atoms. The Morgan fingerprint density at radius 1 is 1.33 bits per heavy atom. The van der Waals surface area contributed by atoms with Crippen molar-refractivity contribution < 1.29 is 14.7 Å². The molecule has 0 aliphatic heterocycles. The summed E-state index contributed by atoms with van der Waals surface area (Å²) in [5.74, 6) is -0.795. The molecule has 1 aromatic carbocycles. The maximum atomic E-state index is 11.8. The molecule has 0 aromatic heterocycles. The number of aliphatic carboxylic acids is 1. The van der Waals surface area contributed by atoms with E-state index in [4.69, 9.17) is 16.7 Å². The highest BCUT2D eigenvalue weighted by atomic mass is 35.5. The normalized spacial score (nSPS) is 12.2. The molecule has 1 unspecified atom stereocenters. The average molecular weight is 313 g/mol. The van der Waals surface area contributed by atoms with Crippen LogP contribution in [0.15, 0.2) is 24.3 Å². The van der Waals surface area contributed by atoms with Crippen molar-refractivity contribution in [3.63, 3.8) is 0 Å². The number of carboxylic acids is 1. The van der Waals surface area contributed by atoms with E-state index in [-0.39, 0.29) is 18.2 Å². The highest BCUT2D eigenvalue weighted by Crippen LogP contribution is 2.14. The number of amides is 1. The van der Waals surface area contributed by atoms with E-state index in [1.807, 2.05) is 13.8 Å². The Morgan fingerprint density at radius 2 is 2.05 bits per heavy atom. The molecule has 0 fully saturated rings. The third kappa shape index (κ3) is 7.11. The van der Waals surface area contributed by atoms with Crippen LogP contribution in [-0.4, -0.2) is 29.6 Å². The number of nitrogens with one attached hydrogen (secondary N) is 2. The molecule has 0 saturated carbocycles. The van der Waals surface area contributed by atoms with Gasteiger partial charge >= 0.3 is 5.97 Å². The highest BCUT2D eigenvalue weighted by Gasteiger charge is 2.18. The van der Waals surface area contributed by atoms with Crippen molar-refractivity contribution >= 4 is 29.2 Å². The molecule has 0 aliphatic carbocycles. The first-order valence-electron chi connectivity index (χ1n) is 6.90. The van der Waals surface area contributed by atoms with E-state index in [1.54, 1.807) is 24.3 Å². The van der Waals surface area contributed by atoms with E-state index >= 15 is 0 Å². The van der Waals surface area contributed by atoms with Crippen molar-refractivity contribution in [1.82, 2.24) is 5.32 Å². The van der Waals surface area contributed by atoms with Crippen LogP contribution in [0.4, 0.5) is 5.69 Å². The molecule has 0 radical (unpaired) electrons. The van der Waals surface area contributed by atoms with Crippen LogP contribution in [0, 0.1) is 5.92 Å². The summed E-state index contributed by atoms with van der Waals surface area (Å²) in [6.45, 7) is 4.24. The molecule has 0 heterocycles. The van der Waals surface area contributed by atoms with Crippen LogP contribution in [-0.2, 0) is 9.59 Å². The van der Waals surface area contributed by atoms with Crippen LogP contribution in [0.1, 0.15) is 26.7 Å².